The largest absolute Gasteiger partial charge is 0.349 e. The molecule has 0 aromatic carbocycles. The second-order valence-electron chi connectivity index (χ2n) is 6.34. The number of aryl methyl sites for hydroxylation is 1. The van der Waals surface area contributed by atoms with Crippen LogP contribution in [0, 0.1) is 12.8 Å². The highest BCUT2D eigenvalue weighted by Gasteiger charge is 2.28. The van der Waals surface area contributed by atoms with Gasteiger partial charge in [-0.05, 0) is 31.4 Å². The van der Waals surface area contributed by atoms with Crippen molar-refractivity contribution in [1.82, 2.24) is 20.2 Å². The molecule has 6 nitrogen and oxygen atoms in total. The van der Waals surface area contributed by atoms with Crippen LogP contribution in [0.15, 0.2) is 29.3 Å². The Kier molecular flexibility index (Phi) is 5.11. The van der Waals surface area contributed by atoms with Gasteiger partial charge in [0.15, 0.2) is 0 Å². The Bertz CT molecular complexity index is 770. The number of aromatic nitrogens is 2. The topological polar surface area (TPSA) is 78.1 Å². The highest BCUT2D eigenvalue weighted by atomic mass is 32.1. The number of pyridine rings is 1. The molecule has 2 atom stereocenters. The first-order valence-corrected chi connectivity index (χ1v) is 8.97. The summed E-state index contributed by atoms with van der Waals surface area (Å²) in [5.74, 6) is 0.0414. The van der Waals surface area contributed by atoms with Crippen molar-refractivity contribution in [3.05, 3.63) is 50.3 Å². The molecule has 0 saturated carbocycles. The SMILES string of the molecule is Cc1ncc(CN2CC[C@H](NC(=O)c3ccc[nH]c3=O)[C@@H](C)C2)s1. The molecule has 24 heavy (non-hydrogen) atoms. The zero-order valence-electron chi connectivity index (χ0n) is 13.9. The molecule has 1 fully saturated rings. The van der Waals surface area contributed by atoms with Gasteiger partial charge in [-0.25, -0.2) is 4.98 Å². The Balaban J connectivity index is 1.57. The van der Waals surface area contributed by atoms with Crippen molar-refractivity contribution in [2.24, 2.45) is 5.92 Å². The first-order chi connectivity index (χ1) is 11.5. The van der Waals surface area contributed by atoms with Gasteiger partial charge in [0.25, 0.3) is 11.5 Å². The van der Waals surface area contributed by atoms with Crippen LogP contribution >= 0.6 is 11.3 Å². The van der Waals surface area contributed by atoms with Gasteiger partial charge >= 0.3 is 0 Å². The van der Waals surface area contributed by atoms with E-state index in [4.69, 9.17) is 0 Å². The van der Waals surface area contributed by atoms with Gasteiger partial charge in [0, 0.05) is 42.9 Å². The smallest absolute Gasteiger partial charge is 0.260 e. The molecule has 1 aliphatic rings. The molecule has 0 aliphatic carbocycles. The lowest BCUT2D eigenvalue weighted by atomic mass is 9.93. The number of nitrogens with zero attached hydrogens (tertiary/aromatic N) is 2. The fourth-order valence-electron chi connectivity index (χ4n) is 3.14. The van der Waals surface area contributed by atoms with Crippen molar-refractivity contribution in [2.75, 3.05) is 13.1 Å². The lowest BCUT2D eigenvalue weighted by Gasteiger charge is -2.37. The van der Waals surface area contributed by atoms with E-state index in [-0.39, 0.29) is 23.1 Å². The number of thiazole rings is 1. The van der Waals surface area contributed by atoms with Crippen LogP contribution in [0.25, 0.3) is 0 Å². The van der Waals surface area contributed by atoms with Gasteiger partial charge < -0.3 is 10.3 Å². The molecule has 7 heteroatoms. The summed E-state index contributed by atoms with van der Waals surface area (Å²) in [6.07, 6.45) is 4.36. The number of carbonyl (C=O) groups excluding carboxylic acids is 1. The van der Waals surface area contributed by atoms with Crippen molar-refractivity contribution in [1.29, 1.82) is 0 Å². The van der Waals surface area contributed by atoms with Gasteiger partial charge in [-0.15, -0.1) is 11.3 Å². The predicted molar refractivity (Wildman–Crippen MR) is 94.2 cm³/mol. The van der Waals surface area contributed by atoms with Gasteiger partial charge in [-0.3, -0.25) is 14.5 Å². The van der Waals surface area contributed by atoms with E-state index in [1.165, 1.54) is 11.1 Å². The maximum atomic E-state index is 12.3. The lowest BCUT2D eigenvalue weighted by molar-refractivity contribution is 0.0860. The average Bonchev–Trinajstić information content (AvgIpc) is 2.95. The number of hydrogen-bond donors (Lipinski definition) is 2. The van der Waals surface area contributed by atoms with Crippen molar-refractivity contribution >= 4 is 17.2 Å². The van der Waals surface area contributed by atoms with Crippen molar-refractivity contribution in [3.8, 4) is 0 Å². The van der Waals surface area contributed by atoms with Crippen LogP contribution in [-0.2, 0) is 6.54 Å². The molecule has 1 saturated heterocycles. The Morgan fingerprint density at radius 2 is 2.38 bits per heavy atom. The Morgan fingerprint density at radius 3 is 3.04 bits per heavy atom. The molecule has 1 aliphatic heterocycles. The fraction of sp³-hybridized carbons (Fsp3) is 0.471. The molecule has 3 rings (SSSR count). The van der Waals surface area contributed by atoms with Gasteiger partial charge in [-0.2, -0.15) is 0 Å². The number of H-pyrrole nitrogens is 1. The normalized spacial score (nSPS) is 21.6. The molecule has 0 radical (unpaired) electrons. The Labute approximate surface area is 144 Å². The summed E-state index contributed by atoms with van der Waals surface area (Å²) in [5, 5.41) is 4.11. The number of amides is 1. The number of carbonyl (C=O) groups is 1. The molecule has 2 N–H and O–H groups in total. The molecular weight excluding hydrogens is 324 g/mol. The summed E-state index contributed by atoms with van der Waals surface area (Å²) >= 11 is 1.73. The van der Waals surface area contributed by atoms with E-state index in [2.05, 4.69) is 27.1 Å². The van der Waals surface area contributed by atoms with Gasteiger partial charge in [0.2, 0.25) is 0 Å². The molecule has 3 heterocycles. The van der Waals surface area contributed by atoms with Crippen LogP contribution in [0.4, 0.5) is 0 Å². The molecule has 128 valence electrons. The quantitative estimate of drug-likeness (QED) is 0.885. The zero-order chi connectivity index (χ0) is 17.1. The van der Waals surface area contributed by atoms with E-state index in [0.717, 1.165) is 31.1 Å². The minimum Gasteiger partial charge on any atom is -0.349 e. The van der Waals surface area contributed by atoms with Crippen LogP contribution in [0.5, 0.6) is 0 Å². The third-order valence-electron chi connectivity index (χ3n) is 4.42. The van der Waals surface area contributed by atoms with Crippen LogP contribution in [0.1, 0.15) is 33.6 Å². The molecular formula is C17H22N4O2S. The summed E-state index contributed by atoms with van der Waals surface area (Å²) in [7, 11) is 0. The highest BCUT2D eigenvalue weighted by molar-refractivity contribution is 7.11. The summed E-state index contributed by atoms with van der Waals surface area (Å²) in [6, 6.07) is 3.32. The number of nitrogens with one attached hydrogen (secondary N) is 2. The maximum absolute atomic E-state index is 12.3. The van der Waals surface area contributed by atoms with Crippen LogP contribution in [0.3, 0.4) is 0 Å². The van der Waals surface area contributed by atoms with Gasteiger partial charge in [0.1, 0.15) is 5.56 Å². The minimum absolute atomic E-state index is 0.0940. The molecule has 2 aromatic rings. The molecule has 0 bridgehead atoms. The third-order valence-corrected chi connectivity index (χ3v) is 5.31. The molecule has 2 aromatic heterocycles. The number of aromatic amines is 1. The van der Waals surface area contributed by atoms with E-state index in [1.807, 2.05) is 13.1 Å². The summed E-state index contributed by atoms with van der Waals surface area (Å²) in [5.41, 5.74) is -0.173. The number of piperidine rings is 1. The van der Waals surface area contributed by atoms with E-state index in [0.29, 0.717) is 5.92 Å². The second kappa shape index (κ2) is 7.27. The standard InChI is InChI=1S/C17H22N4O2S/c1-11-9-21(10-13-8-19-12(2)24-13)7-5-15(11)20-17(23)14-4-3-6-18-16(14)22/h3-4,6,8,11,15H,5,7,9-10H2,1-2H3,(H,18,22)(H,20,23)/t11-,15-/m0/s1. The van der Waals surface area contributed by atoms with E-state index < -0.39 is 0 Å². The maximum Gasteiger partial charge on any atom is 0.260 e. The fourth-order valence-corrected chi connectivity index (χ4v) is 3.97. The highest BCUT2D eigenvalue weighted by Crippen LogP contribution is 2.21. The van der Waals surface area contributed by atoms with Gasteiger partial charge in [-0.1, -0.05) is 6.92 Å². The summed E-state index contributed by atoms with van der Waals surface area (Å²) in [4.78, 5) is 34.5. The number of hydrogen-bond acceptors (Lipinski definition) is 5. The zero-order valence-corrected chi connectivity index (χ0v) is 14.7. The van der Waals surface area contributed by atoms with Crippen molar-refractivity contribution in [2.45, 2.75) is 32.9 Å². The van der Waals surface area contributed by atoms with Crippen molar-refractivity contribution in [3.63, 3.8) is 0 Å². The van der Waals surface area contributed by atoms with Crippen LogP contribution < -0.4 is 10.9 Å². The second-order valence-corrected chi connectivity index (χ2v) is 7.66. The first-order valence-electron chi connectivity index (χ1n) is 8.15. The molecule has 0 unspecified atom stereocenters. The Hall–Kier alpha value is -1.99. The average molecular weight is 346 g/mol. The molecule has 0 spiro atoms. The van der Waals surface area contributed by atoms with E-state index in [9.17, 15) is 9.59 Å². The first kappa shape index (κ1) is 16.9. The van der Waals surface area contributed by atoms with Gasteiger partial charge in [0.05, 0.1) is 5.01 Å². The number of rotatable bonds is 4. The minimum atomic E-state index is -0.347. The summed E-state index contributed by atoms with van der Waals surface area (Å²) in [6.45, 7) is 6.92. The molecule has 1 amide bonds. The van der Waals surface area contributed by atoms with Crippen molar-refractivity contribution < 1.29 is 4.79 Å². The summed E-state index contributed by atoms with van der Waals surface area (Å²) < 4.78 is 0. The van der Waals surface area contributed by atoms with E-state index >= 15 is 0 Å². The van der Waals surface area contributed by atoms with Crippen LogP contribution in [0.2, 0.25) is 0 Å². The monoisotopic (exact) mass is 346 g/mol. The van der Waals surface area contributed by atoms with E-state index in [1.54, 1.807) is 23.5 Å². The lowest BCUT2D eigenvalue weighted by Crippen LogP contribution is -2.50. The third kappa shape index (κ3) is 3.91. The van der Waals surface area contributed by atoms with Crippen LogP contribution in [-0.4, -0.2) is 39.9 Å². The predicted octanol–water partition coefficient (Wildman–Crippen LogP) is 1.78. The Morgan fingerprint density at radius 1 is 1.54 bits per heavy atom. The number of likely N-dealkylation sites (tertiary alicyclic amines) is 1.